The van der Waals surface area contributed by atoms with Crippen LogP contribution >= 0.6 is 0 Å². The molecule has 1 aromatic carbocycles. The molecule has 1 N–H and O–H groups in total. The maximum atomic E-state index is 11.9. The van der Waals surface area contributed by atoms with Gasteiger partial charge in [-0.25, -0.2) is 4.79 Å². The molecular formula is C15H15N3O2. The fourth-order valence-electron chi connectivity index (χ4n) is 1.72. The highest BCUT2D eigenvalue weighted by atomic mass is 16.2. The van der Waals surface area contributed by atoms with Gasteiger partial charge in [-0.15, -0.1) is 0 Å². The summed E-state index contributed by atoms with van der Waals surface area (Å²) in [5.41, 5.74) is 1.78. The lowest BCUT2D eigenvalue weighted by atomic mass is 10.2. The van der Waals surface area contributed by atoms with E-state index in [0.717, 1.165) is 16.0 Å². The number of urea groups is 1. The normalized spacial score (nSPS) is 9.80. The van der Waals surface area contributed by atoms with Gasteiger partial charge in [0, 0.05) is 18.9 Å². The molecule has 0 aliphatic rings. The van der Waals surface area contributed by atoms with Crippen molar-refractivity contribution < 1.29 is 9.59 Å². The number of nitrogens with one attached hydrogen (secondary N) is 1. The minimum atomic E-state index is -0.423. The van der Waals surface area contributed by atoms with Crippen molar-refractivity contribution in [1.29, 1.82) is 0 Å². The predicted molar refractivity (Wildman–Crippen MR) is 74.5 cm³/mol. The van der Waals surface area contributed by atoms with Crippen molar-refractivity contribution in [3.8, 4) is 0 Å². The topological polar surface area (TPSA) is 62.3 Å². The van der Waals surface area contributed by atoms with Crippen molar-refractivity contribution in [2.75, 3.05) is 0 Å². The molecule has 102 valence electrons. The summed E-state index contributed by atoms with van der Waals surface area (Å²) in [4.78, 5) is 28.0. The molecule has 0 unspecified atom stereocenters. The minimum absolute atomic E-state index is 0.206. The Morgan fingerprint density at radius 3 is 2.55 bits per heavy atom. The average Bonchev–Trinajstić information content (AvgIpc) is 2.52. The van der Waals surface area contributed by atoms with E-state index in [1.807, 2.05) is 36.4 Å². The van der Waals surface area contributed by atoms with Gasteiger partial charge >= 0.3 is 6.03 Å². The molecule has 0 fully saturated rings. The highest BCUT2D eigenvalue weighted by Crippen LogP contribution is 2.02. The van der Waals surface area contributed by atoms with Crippen molar-refractivity contribution in [2.24, 2.45) is 0 Å². The van der Waals surface area contributed by atoms with Gasteiger partial charge in [0.1, 0.15) is 0 Å². The molecule has 0 spiro atoms. The number of aromatic nitrogens is 1. The number of imide groups is 1. The number of carbonyl (C=O) groups excluding carboxylic acids is 2. The Kier molecular flexibility index (Phi) is 4.83. The molecule has 5 heteroatoms. The van der Waals surface area contributed by atoms with Crippen LogP contribution in [0.15, 0.2) is 54.9 Å². The van der Waals surface area contributed by atoms with Crippen LogP contribution in [0.25, 0.3) is 0 Å². The number of amides is 3. The molecule has 0 radical (unpaired) electrons. The van der Waals surface area contributed by atoms with Gasteiger partial charge in [-0.1, -0.05) is 36.4 Å². The highest BCUT2D eigenvalue weighted by molar-refractivity contribution is 5.84. The van der Waals surface area contributed by atoms with Crippen LogP contribution in [-0.2, 0) is 17.9 Å². The number of carbonyl (C=O) groups is 2. The lowest BCUT2D eigenvalue weighted by Gasteiger charge is -2.16. The van der Waals surface area contributed by atoms with E-state index in [1.165, 1.54) is 0 Å². The maximum absolute atomic E-state index is 11.9. The average molecular weight is 269 g/mol. The van der Waals surface area contributed by atoms with Crippen LogP contribution < -0.4 is 5.32 Å². The monoisotopic (exact) mass is 269 g/mol. The Morgan fingerprint density at radius 1 is 1.15 bits per heavy atom. The minimum Gasteiger partial charge on any atom is -0.334 e. The second kappa shape index (κ2) is 7.04. The van der Waals surface area contributed by atoms with Crippen molar-refractivity contribution in [3.05, 3.63) is 66.0 Å². The van der Waals surface area contributed by atoms with E-state index in [9.17, 15) is 9.59 Å². The molecule has 0 saturated heterocycles. The Bertz CT molecular complexity index is 558. The van der Waals surface area contributed by atoms with E-state index in [0.29, 0.717) is 13.0 Å². The van der Waals surface area contributed by atoms with Gasteiger partial charge in [0.25, 0.3) is 0 Å². The zero-order valence-electron chi connectivity index (χ0n) is 10.9. The largest absolute Gasteiger partial charge is 0.334 e. The van der Waals surface area contributed by atoms with Crippen molar-refractivity contribution in [1.82, 2.24) is 15.2 Å². The molecule has 1 aromatic heterocycles. The standard InChI is InChI=1S/C15H15N3O2/c19-12-18(11-14-7-4-8-16-9-14)15(20)17-10-13-5-2-1-3-6-13/h1-9,12H,10-11H2,(H,17,20). The van der Waals surface area contributed by atoms with E-state index in [2.05, 4.69) is 10.3 Å². The van der Waals surface area contributed by atoms with Gasteiger partial charge in [-0.05, 0) is 17.2 Å². The number of nitrogens with zero attached hydrogens (tertiary/aromatic N) is 2. The first-order valence-electron chi connectivity index (χ1n) is 6.22. The van der Waals surface area contributed by atoms with E-state index >= 15 is 0 Å². The molecule has 0 saturated carbocycles. The zero-order valence-corrected chi connectivity index (χ0v) is 10.9. The number of hydrogen-bond acceptors (Lipinski definition) is 3. The van der Waals surface area contributed by atoms with E-state index < -0.39 is 6.03 Å². The quantitative estimate of drug-likeness (QED) is 0.844. The van der Waals surface area contributed by atoms with Gasteiger partial charge in [0.2, 0.25) is 6.41 Å². The summed E-state index contributed by atoms with van der Waals surface area (Å²) < 4.78 is 0. The lowest BCUT2D eigenvalue weighted by Crippen LogP contribution is -2.38. The summed E-state index contributed by atoms with van der Waals surface area (Å²) in [5.74, 6) is 0. The Labute approximate surface area is 117 Å². The van der Waals surface area contributed by atoms with Crippen LogP contribution in [-0.4, -0.2) is 22.3 Å². The molecule has 20 heavy (non-hydrogen) atoms. The summed E-state index contributed by atoms with van der Waals surface area (Å²) in [6.07, 6.45) is 3.79. The Balaban J connectivity index is 1.91. The van der Waals surface area contributed by atoms with Crippen LogP contribution in [0.3, 0.4) is 0 Å². The summed E-state index contributed by atoms with van der Waals surface area (Å²) in [7, 11) is 0. The smallest absolute Gasteiger partial charge is 0.324 e. The van der Waals surface area contributed by atoms with E-state index in [1.54, 1.807) is 18.5 Å². The first-order chi connectivity index (χ1) is 9.79. The number of rotatable bonds is 5. The van der Waals surface area contributed by atoms with Crippen molar-refractivity contribution in [3.63, 3.8) is 0 Å². The number of benzene rings is 1. The summed E-state index contributed by atoms with van der Waals surface area (Å²) in [6.45, 7) is 0.592. The summed E-state index contributed by atoms with van der Waals surface area (Å²) in [5, 5.41) is 2.71. The molecule has 0 atom stereocenters. The third-order valence-corrected chi connectivity index (χ3v) is 2.75. The third kappa shape index (κ3) is 3.91. The van der Waals surface area contributed by atoms with Gasteiger partial charge in [-0.2, -0.15) is 0 Å². The maximum Gasteiger partial charge on any atom is 0.324 e. The van der Waals surface area contributed by atoms with Gasteiger partial charge < -0.3 is 5.32 Å². The molecule has 5 nitrogen and oxygen atoms in total. The molecule has 0 aliphatic heterocycles. The van der Waals surface area contributed by atoms with Crippen LogP contribution in [0, 0.1) is 0 Å². The molecular weight excluding hydrogens is 254 g/mol. The van der Waals surface area contributed by atoms with Gasteiger partial charge in [-0.3, -0.25) is 14.7 Å². The second-order valence-electron chi connectivity index (χ2n) is 4.24. The highest BCUT2D eigenvalue weighted by Gasteiger charge is 2.12. The van der Waals surface area contributed by atoms with Crippen molar-refractivity contribution >= 4 is 12.4 Å². The molecule has 2 rings (SSSR count). The first kappa shape index (κ1) is 13.7. The van der Waals surface area contributed by atoms with E-state index in [4.69, 9.17) is 0 Å². The van der Waals surface area contributed by atoms with Crippen LogP contribution in [0.4, 0.5) is 4.79 Å². The second-order valence-corrected chi connectivity index (χ2v) is 4.24. The number of hydrogen-bond donors (Lipinski definition) is 1. The predicted octanol–water partition coefficient (Wildman–Crippen LogP) is 1.95. The van der Waals surface area contributed by atoms with Crippen LogP contribution in [0.5, 0.6) is 0 Å². The van der Waals surface area contributed by atoms with Crippen molar-refractivity contribution in [2.45, 2.75) is 13.1 Å². The van der Waals surface area contributed by atoms with Gasteiger partial charge in [0.15, 0.2) is 0 Å². The van der Waals surface area contributed by atoms with Crippen LogP contribution in [0.2, 0.25) is 0 Å². The third-order valence-electron chi connectivity index (χ3n) is 2.75. The lowest BCUT2D eigenvalue weighted by molar-refractivity contribution is -0.116. The molecule has 0 bridgehead atoms. The summed E-state index contributed by atoms with van der Waals surface area (Å²) in [6, 6.07) is 12.7. The molecule has 1 heterocycles. The van der Waals surface area contributed by atoms with Crippen LogP contribution in [0.1, 0.15) is 11.1 Å². The summed E-state index contributed by atoms with van der Waals surface area (Å²) >= 11 is 0. The molecule has 3 amide bonds. The Morgan fingerprint density at radius 2 is 1.90 bits per heavy atom. The fraction of sp³-hybridized carbons (Fsp3) is 0.133. The molecule has 0 aliphatic carbocycles. The van der Waals surface area contributed by atoms with Gasteiger partial charge in [0.05, 0.1) is 6.54 Å². The zero-order chi connectivity index (χ0) is 14.2. The first-order valence-corrected chi connectivity index (χ1v) is 6.22. The SMILES string of the molecule is O=CN(Cc1cccnc1)C(=O)NCc1ccccc1. The molecule has 2 aromatic rings. The Hall–Kier alpha value is -2.69. The fourth-order valence-corrected chi connectivity index (χ4v) is 1.72. The van der Waals surface area contributed by atoms with E-state index in [-0.39, 0.29) is 6.54 Å². The number of pyridine rings is 1.